The van der Waals surface area contributed by atoms with Gasteiger partial charge < -0.3 is 54.6 Å². The molecule has 15 rings (SSSR count). The van der Waals surface area contributed by atoms with Crippen molar-refractivity contribution in [3.63, 3.8) is 0 Å². The van der Waals surface area contributed by atoms with Crippen molar-refractivity contribution in [2.24, 2.45) is 0 Å². The Labute approximate surface area is 574 Å². The average Bonchev–Trinajstić information content (AvgIpc) is 1.57. The van der Waals surface area contributed by atoms with Crippen molar-refractivity contribution in [3.8, 4) is 39.5 Å². The van der Waals surface area contributed by atoms with Crippen LogP contribution in [0.5, 0.6) is 5.75 Å². The summed E-state index contributed by atoms with van der Waals surface area (Å²) >= 11 is 11.1. The van der Waals surface area contributed by atoms with Gasteiger partial charge in [-0.1, -0.05) is 54.1 Å². The molecule has 0 bridgehead atoms. The molecule has 2 amide bonds. The van der Waals surface area contributed by atoms with E-state index in [1.807, 2.05) is 76.5 Å². The quantitative estimate of drug-likeness (QED) is 0.0356. The van der Waals surface area contributed by atoms with Crippen molar-refractivity contribution < 1.29 is 42.9 Å². The van der Waals surface area contributed by atoms with E-state index in [9.17, 15) is 19.7 Å². The number of morpholine rings is 2. The molecule has 5 fully saturated rings. The largest absolute Gasteiger partial charge is 0.414 e. The van der Waals surface area contributed by atoms with E-state index in [1.165, 1.54) is 29.8 Å². The number of hydrogen-bond donors (Lipinski definition) is 3. The number of nitrogen functional groups attached to an aromatic ring is 1. The Hall–Kier alpha value is -9.55. The van der Waals surface area contributed by atoms with E-state index in [0.29, 0.717) is 50.1 Å². The SMILES string of the molecule is CNC(=O)Nc1ccc(-c2nc(N3CCOC[C@H]3C)nc3c2cnn3C2CCOCC2)cc1.C[C@@H]1COCCN1c1nc(-c2ccc(N)cc2)c2cnn(C3CCOCC3)c2n1.Cc1ccc(-c2nc(Cl)nc3c2cnn3C2CCOCC2)cc1.O=C(Cl)Oc1ccc([N+](=O)[O-])cc1. The summed E-state index contributed by atoms with van der Waals surface area (Å²) in [6.45, 7) is 15.0. The van der Waals surface area contributed by atoms with Gasteiger partial charge in [-0.15, -0.1) is 0 Å². The van der Waals surface area contributed by atoms with Gasteiger partial charge in [0.05, 0.1) is 113 Å². The van der Waals surface area contributed by atoms with Crippen LogP contribution in [-0.2, 0) is 23.7 Å². The van der Waals surface area contributed by atoms with E-state index >= 15 is 0 Å². The molecule has 4 N–H and O–H groups in total. The number of urea groups is 1. The van der Waals surface area contributed by atoms with E-state index in [-0.39, 0.29) is 40.9 Å². The summed E-state index contributed by atoms with van der Waals surface area (Å²) in [5, 5.41) is 32.6. The number of halogens is 2. The maximum absolute atomic E-state index is 11.6. The monoisotopic (exact) mass is 1370 g/mol. The predicted octanol–water partition coefficient (Wildman–Crippen LogP) is 11.6. The minimum Gasteiger partial charge on any atom is -0.414 e. The summed E-state index contributed by atoms with van der Waals surface area (Å²) < 4.78 is 38.3. The summed E-state index contributed by atoms with van der Waals surface area (Å²) in [5.74, 6) is 1.59. The Balaban J connectivity index is 0.000000130. The fraction of sp³-hybridized carbons (Fsp3) is 0.397. The van der Waals surface area contributed by atoms with Gasteiger partial charge in [-0.2, -0.15) is 30.2 Å². The van der Waals surface area contributed by atoms with E-state index in [1.54, 1.807) is 7.05 Å². The first-order chi connectivity index (χ1) is 47.7. The highest BCUT2D eigenvalue weighted by Gasteiger charge is 2.30. The number of nitrogens with one attached hydrogen (secondary N) is 2. The lowest BCUT2D eigenvalue weighted by Gasteiger charge is -2.33. The van der Waals surface area contributed by atoms with E-state index in [2.05, 4.69) is 90.0 Å². The number of carbonyl (C=O) groups is 2. The molecule has 28 nitrogen and oxygen atoms in total. The highest BCUT2D eigenvalue weighted by atomic mass is 35.5. The van der Waals surface area contributed by atoms with Crippen molar-refractivity contribution in [1.82, 2.24) is 64.6 Å². The molecule has 512 valence electrons. The highest BCUT2D eigenvalue weighted by Crippen LogP contribution is 2.37. The van der Waals surface area contributed by atoms with Crippen LogP contribution in [0.2, 0.25) is 5.28 Å². The van der Waals surface area contributed by atoms with Gasteiger partial charge in [-0.25, -0.2) is 38.6 Å². The minimum atomic E-state index is -0.978. The number of nitro groups is 1. The van der Waals surface area contributed by atoms with E-state index in [4.69, 9.17) is 82.8 Å². The standard InChI is InChI=1S/C23H29N7O3.C21H26N6O2.C17H17ClN4O.C7H4ClNO4/c1-15-14-33-12-9-29(15)22-27-20(16-3-5-17(6-4-16)26-23(31)24-2)19-13-25-30(21(19)28-22)18-7-10-32-11-8-18;1-14-13-29-11-8-26(14)21-24-19(15-2-4-16(22)5-3-15)18-12-23-27(20(18)25-21)17-6-9-28-10-7-17;1-11-2-4-12(5-3-11)15-14-10-19-22(13-6-8-23-9-7-13)16(14)21-17(18)20-15;8-7(10)13-6-3-1-5(2-4-6)9(11)12/h3-6,13,15,18H,7-12,14H2,1-2H3,(H2,24,26,31);2-5,12,14,17H,6-11,13,22H2,1H3;2-5,10,13H,6-9H2,1H3;1-4H/t15-;14-;;/m11../s1. The lowest BCUT2D eigenvalue weighted by molar-refractivity contribution is -0.384. The van der Waals surface area contributed by atoms with Crippen LogP contribution in [0.15, 0.2) is 116 Å². The number of benzene rings is 4. The van der Waals surface area contributed by atoms with Gasteiger partial charge in [0.15, 0.2) is 16.9 Å². The Morgan fingerprint density at radius 2 is 0.969 bits per heavy atom. The zero-order valence-electron chi connectivity index (χ0n) is 54.7. The second-order valence-corrected chi connectivity index (χ2v) is 24.8. The number of anilines is 4. The molecular weight excluding hydrogens is 1300 g/mol. The van der Waals surface area contributed by atoms with Crippen molar-refractivity contribution in [2.75, 3.05) is 107 Å². The summed E-state index contributed by atoms with van der Waals surface area (Å²) in [4.78, 5) is 64.8. The van der Waals surface area contributed by atoms with Gasteiger partial charge in [0.2, 0.25) is 17.2 Å². The number of amides is 2. The number of hydrogen-bond acceptors (Lipinski definition) is 22. The van der Waals surface area contributed by atoms with E-state index in [0.717, 1.165) is 170 Å². The first kappa shape index (κ1) is 68.4. The molecule has 5 aliphatic rings. The molecule has 0 spiro atoms. The average molecular weight is 1380 g/mol. The molecule has 2 atom stereocenters. The smallest absolute Gasteiger partial charge is 0.409 e. The molecule has 98 heavy (non-hydrogen) atoms. The molecule has 0 unspecified atom stereocenters. The number of aryl methyl sites for hydroxylation is 1. The summed E-state index contributed by atoms with van der Waals surface area (Å²) in [7, 11) is 1.59. The van der Waals surface area contributed by atoms with Crippen LogP contribution in [0.4, 0.5) is 38.5 Å². The normalized spacial score (nSPS) is 17.8. The number of fused-ring (bicyclic) bond motifs is 3. The predicted molar refractivity (Wildman–Crippen MR) is 372 cm³/mol. The van der Waals surface area contributed by atoms with Gasteiger partial charge in [0, 0.05) is 112 Å². The second kappa shape index (κ2) is 31.8. The van der Waals surface area contributed by atoms with Gasteiger partial charge in [-0.3, -0.25) is 10.1 Å². The Bertz CT molecular complexity index is 4370. The van der Waals surface area contributed by atoms with Crippen molar-refractivity contribution in [2.45, 2.75) is 89.5 Å². The number of nitrogens with zero attached hydrogens (tertiary/aromatic N) is 15. The third-order valence-corrected chi connectivity index (χ3v) is 17.8. The lowest BCUT2D eigenvalue weighted by atomic mass is 10.1. The van der Waals surface area contributed by atoms with E-state index < -0.39 is 10.4 Å². The van der Waals surface area contributed by atoms with Gasteiger partial charge in [0.1, 0.15) is 5.75 Å². The van der Waals surface area contributed by atoms with Gasteiger partial charge in [-0.05, 0) is 107 Å². The van der Waals surface area contributed by atoms with Crippen molar-refractivity contribution in [1.29, 1.82) is 0 Å². The second-order valence-electron chi connectivity index (χ2n) is 24.2. The summed E-state index contributed by atoms with van der Waals surface area (Å²) in [6.07, 6.45) is 11.2. The van der Waals surface area contributed by atoms with Crippen LogP contribution < -0.4 is 30.9 Å². The molecule has 5 aliphatic heterocycles. The maximum Gasteiger partial charge on any atom is 0.409 e. The Morgan fingerprint density at radius 3 is 1.38 bits per heavy atom. The van der Waals surface area contributed by atoms with Crippen molar-refractivity contribution >= 4 is 96.7 Å². The molecule has 10 aromatic rings. The van der Waals surface area contributed by atoms with Crippen LogP contribution in [0.3, 0.4) is 0 Å². The van der Waals surface area contributed by atoms with Crippen LogP contribution in [-0.4, -0.2) is 174 Å². The molecule has 6 aromatic heterocycles. The maximum atomic E-state index is 11.6. The zero-order chi connectivity index (χ0) is 68.2. The first-order valence-corrected chi connectivity index (χ1v) is 33.4. The fourth-order valence-electron chi connectivity index (χ4n) is 12.3. The molecule has 0 aliphatic carbocycles. The highest BCUT2D eigenvalue weighted by molar-refractivity contribution is 6.61. The molecule has 5 saturated heterocycles. The summed E-state index contributed by atoms with van der Waals surface area (Å²) in [6, 6.07) is 29.8. The number of nitrogens with two attached hydrogens (primary N) is 1. The topological polar surface area (TPSA) is 320 Å². The fourth-order valence-corrected chi connectivity index (χ4v) is 12.5. The lowest BCUT2D eigenvalue weighted by Crippen LogP contribution is -2.44. The molecule has 0 radical (unpaired) electrons. The molecule has 0 saturated carbocycles. The number of non-ortho nitro benzene ring substituents is 1. The molecule has 4 aromatic carbocycles. The number of nitro benzene ring substituents is 1. The Morgan fingerprint density at radius 1 is 0.561 bits per heavy atom. The third kappa shape index (κ3) is 16.2. The number of rotatable bonds is 11. The summed E-state index contributed by atoms with van der Waals surface area (Å²) in [5.41, 5.74) is 15.6. The molecule has 30 heteroatoms. The third-order valence-electron chi connectivity index (χ3n) is 17.6. The number of carbonyl (C=O) groups excluding carboxylic acids is 2. The van der Waals surface area contributed by atoms with Crippen LogP contribution in [0, 0.1) is 17.0 Å². The van der Waals surface area contributed by atoms with Crippen LogP contribution in [0.25, 0.3) is 66.9 Å². The van der Waals surface area contributed by atoms with Crippen LogP contribution in [0.1, 0.15) is 76.1 Å². The minimum absolute atomic E-state index is 0.0747. The van der Waals surface area contributed by atoms with Crippen LogP contribution >= 0.6 is 23.2 Å². The molecular formula is C68H76Cl2N18O10. The molecule has 11 heterocycles. The number of ether oxygens (including phenoxy) is 6. The first-order valence-electron chi connectivity index (χ1n) is 32.6. The van der Waals surface area contributed by atoms with Gasteiger partial charge >= 0.3 is 11.5 Å². The Kier molecular flexibility index (Phi) is 22.2. The van der Waals surface area contributed by atoms with Gasteiger partial charge in [0.25, 0.3) is 5.69 Å². The zero-order valence-corrected chi connectivity index (χ0v) is 56.2. The number of aromatic nitrogens is 12. The van der Waals surface area contributed by atoms with Crippen molar-refractivity contribution in [3.05, 3.63) is 137 Å².